The average Bonchev–Trinajstić information content (AvgIpc) is 3.33. The lowest BCUT2D eigenvalue weighted by Gasteiger charge is -2.48. The number of carbonyl (C=O) groups is 1. The summed E-state index contributed by atoms with van der Waals surface area (Å²) in [4.78, 5) is 16.9. The van der Waals surface area contributed by atoms with Crippen LogP contribution in [0.2, 0.25) is 0 Å². The third-order valence-corrected chi connectivity index (χ3v) is 9.95. The molecule has 4 atom stereocenters. The van der Waals surface area contributed by atoms with Crippen molar-refractivity contribution in [1.82, 2.24) is 10.2 Å². The molecule has 4 aliphatic rings. The van der Waals surface area contributed by atoms with Crippen LogP contribution < -0.4 is 11.1 Å². The number of fused-ring (bicyclic) bond motifs is 2. The molecule has 0 bridgehead atoms. The maximum absolute atomic E-state index is 14.5. The van der Waals surface area contributed by atoms with Gasteiger partial charge in [0.2, 0.25) is 5.91 Å². The Kier molecular flexibility index (Phi) is 6.34. The first-order valence-electron chi connectivity index (χ1n) is 14.1. The molecule has 2 aliphatic heterocycles. The zero-order valence-corrected chi connectivity index (χ0v) is 21.1. The summed E-state index contributed by atoms with van der Waals surface area (Å²) in [5.74, 6) is 1.65. The molecule has 0 unspecified atom stereocenters. The van der Waals surface area contributed by atoms with Crippen LogP contribution in [0.1, 0.15) is 80.4 Å². The molecule has 2 aromatic rings. The van der Waals surface area contributed by atoms with Crippen LogP contribution in [0, 0.1) is 11.8 Å². The minimum atomic E-state index is -0.104. The van der Waals surface area contributed by atoms with Gasteiger partial charge in [-0.15, -0.1) is 0 Å². The number of amides is 1. The van der Waals surface area contributed by atoms with Crippen molar-refractivity contribution in [3.05, 3.63) is 65.2 Å². The molecule has 2 aromatic carbocycles. The Morgan fingerprint density at radius 3 is 2.63 bits per heavy atom. The fourth-order valence-corrected chi connectivity index (χ4v) is 8.16. The molecule has 3 fully saturated rings. The van der Waals surface area contributed by atoms with Gasteiger partial charge in [0.25, 0.3) is 0 Å². The predicted molar refractivity (Wildman–Crippen MR) is 142 cm³/mol. The van der Waals surface area contributed by atoms with E-state index in [1.165, 1.54) is 48.8 Å². The summed E-state index contributed by atoms with van der Waals surface area (Å²) in [6, 6.07) is 17.8. The number of rotatable bonds is 3. The Morgan fingerprint density at radius 2 is 1.80 bits per heavy atom. The van der Waals surface area contributed by atoms with E-state index in [-0.39, 0.29) is 11.3 Å². The molecule has 1 saturated carbocycles. The van der Waals surface area contributed by atoms with Gasteiger partial charge >= 0.3 is 0 Å². The number of hydrogen-bond acceptors (Lipinski definition) is 3. The van der Waals surface area contributed by atoms with Crippen LogP contribution in [-0.4, -0.2) is 36.5 Å². The molecule has 1 amide bonds. The SMILES string of the molecule is Nc1cccc2c1CCC[C@]21CNC[C@H]1C(=O)N1CC[C@@H](c2ccccc2)C[C@H]1C1CCCCC1. The van der Waals surface area contributed by atoms with Gasteiger partial charge in [-0.1, -0.05) is 61.7 Å². The van der Waals surface area contributed by atoms with Gasteiger partial charge < -0.3 is 16.0 Å². The highest BCUT2D eigenvalue weighted by Crippen LogP contribution is 2.48. The van der Waals surface area contributed by atoms with Crippen molar-refractivity contribution < 1.29 is 4.79 Å². The number of carbonyl (C=O) groups excluding carboxylic acids is 1. The maximum atomic E-state index is 14.5. The van der Waals surface area contributed by atoms with E-state index in [4.69, 9.17) is 5.73 Å². The second-order valence-corrected chi connectivity index (χ2v) is 11.7. The molecular formula is C31H41N3O. The van der Waals surface area contributed by atoms with E-state index in [1.54, 1.807) is 0 Å². The third-order valence-electron chi connectivity index (χ3n) is 9.95. The van der Waals surface area contributed by atoms with Crippen LogP contribution in [-0.2, 0) is 16.6 Å². The van der Waals surface area contributed by atoms with E-state index in [0.29, 0.717) is 23.8 Å². The summed E-state index contributed by atoms with van der Waals surface area (Å²) in [5, 5.41) is 3.65. The lowest BCUT2D eigenvalue weighted by atomic mass is 9.63. The first-order chi connectivity index (χ1) is 17.2. The van der Waals surface area contributed by atoms with E-state index in [0.717, 1.165) is 57.4 Å². The molecule has 1 spiro atoms. The minimum Gasteiger partial charge on any atom is -0.398 e. The van der Waals surface area contributed by atoms with Crippen molar-refractivity contribution >= 4 is 11.6 Å². The van der Waals surface area contributed by atoms with Crippen molar-refractivity contribution in [2.75, 3.05) is 25.4 Å². The molecule has 3 N–H and O–H groups in total. The van der Waals surface area contributed by atoms with Crippen molar-refractivity contribution in [2.24, 2.45) is 11.8 Å². The Morgan fingerprint density at radius 1 is 0.971 bits per heavy atom. The number of piperidine rings is 1. The lowest BCUT2D eigenvalue weighted by molar-refractivity contribution is -0.143. The van der Waals surface area contributed by atoms with Crippen LogP contribution in [0.25, 0.3) is 0 Å². The molecule has 2 aliphatic carbocycles. The van der Waals surface area contributed by atoms with Gasteiger partial charge in [0.1, 0.15) is 0 Å². The number of nitrogen functional groups attached to an aromatic ring is 1. The minimum absolute atomic E-state index is 0.0164. The summed E-state index contributed by atoms with van der Waals surface area (Å²) in [7, 11) is 0. The highest BCUT2D eigenvalue weighted by atomic mass is 16.2. The van der Waals surface area contributed by atoms with Gasteiger partial charge in [-0.05, 0) is 79.5 Å². The molecule has 6 rings (SSSR count). The van der Waals surface area contributed by atoms with Crippen LogP contribution in [0.4, 0.5) is 5.69 Å². The third kappa shape index (κ3) is 4.08. The summed E-state index contributed by atoms with van der Waals surface area (Å²) in [6.45, 7) is 2.59. The Balaban J connectivity index is 1.31. The lowest BCUT2D eigenvalue weighted by Crippen LogP contribution is -2.55. The zero-order valence-electron chi connectivity index (χ0n) is 21.1. The van der Waals surface area contributed by atoms with Crippen LogP contribution in [0.5, 0.6) is 0 Å². The molecule has 35 heavy (non-hydrogen) atoms. The quantitative estimate of drug-likeness (QED) is 0.588. The molecule has 2 saturated heterocycles. The summed E-state index contributed by atoms with van der Waals surface area (Å²) in [6.07, 6.45) is 12.0. The number of nitrogens with two attached hydrogens (primary N) is 1. The van der Waals surface area contributed by atoms with E-state index < -0.39 is 0 Å². The van der Waals surface area contributed by atoms with Gasteiger partial charge in [0, 0.05) is 36.8 Å². The smallest absolute Gasteiger partial charge is 0.228 e. The Bertz CT molecular complexity index is 1050. The molecule has 4 nitrogen and oxygen atoms in total. The predicted octanol–water partition coefficient (Wildman–Crippen LogP) is 5.42. The summed E-state index contributed by atoms with van der Waals surface area (Å²) >= 11 is 0. The van der Waals surface area contributed by atoms with Crippen molar-refractivity contribution in [2.45, 2.75) is 81.6 Å². The fraction of sp³-hybridized carbons (Fsp3) is 0.581. The monoisotopic (exact) mass is 471 g/mol. The summed E-state index contributed by atoms with van der Waals surface area (Å²) in [5.41, 5.74) is 11.3. The molecule has 4 heteroatoms. The zero-order chi connectivity index (χ0) is 23.8. The van der Waals surface area contributed by atoms with Gasteiger partial charge in [-0.25, -0.2) is 0 Å². The molecule has 0 radical (unpaired) electrons. The number of nitrogens with zero attached hydrogens (tertiary/aromatic N) is 1. The van der Waals surface area contributed by atoms with Crippen LogP contribution in [0.15, 0.2) is 48.5 Å². The number of benzene rings is 2. The van der Waals surface area contributed by atoms with Crippen LogP contribution in [0.3, 0.4) is 0 Å². The maximum Gasteiger partial charge on any atom is 0.228 e. The Labute approximate surface area is 210 Å². The topological polar surface area (TPSA) is 58.4 Å². The highest BCUT2D eigenvalue weighted by Gasteiger charge is 2.52. The van der Waals surface area contributed by atoms with Crippen molar-refractivity contribution in [1.29, 1.82) is 0 Å². The number of likely N-dealkylation sites (tertiary alicyclic amines) is 1. The standard InChI is InChI=1S/C31H41N3O/c32-28-15-7-14-26-25(28)13-8-17-31(26)21-33-20-27(31)30(35)34-18-16-24(22-9-3-1-4-10-22)19-29(34)23-11-5-2-6-12-23/h1,3-4,7,9-10,14-15,23-24,27,29,33H,2,5-6,8,11-13,16-21,32H2/t24-,27+,29+,31+/m1/s1. The highest BCUT2D eigenvalue weighted by molar-refractivity contribution is 5.82. The fourth-order valence-electron chi connectivity index (χ4n) is 8.16. The number of nitrogens with one attached hydrogen (secondary N) is 1. The molecule has 186 valence electrons. The summed E-state index contributed by atoms with van der Waals surface area (Å²) < 4.78 is 0. The molecular weight excluding hydrogens is 430 g/mol. The van der Waals surface area contributed by atoms with Gasteiger partial charge in [0.05, 0.1) is 5.92 Å². The van der Waals surface area contributed by atoms with E-state index in [1.807, 2.05) is 6.07 Å². The van der Waals surface area contributed by atoms with Crippen LogP contribution >= 0.6 is 0 Å². The largest absolute Gasteiger partial charge is 0.398 e. The van der Waals surface area contributed by atoms with Crippen molar-refractivity contribution in [3.63, 3.8) is 0 Å². The normalized spacial score (nSPS) is 31.4. The van der Waals surface area contributed by atoms with E-state index in [9.17, 15) is 4.79 Å². The van der Waals surface area contributed by atoms with Crippen molar-refractivity contribution in [3.8, 4) is 0 Å². The molecule has 2 heterocycles. The van der Waals surface area contributed by atoms with Gasteiger partial charge in [0.15, 0.2) is 0 Å². The first kappa shape index (κ1) is 23.1. The Hall–Kier alpha value is -2.33. The van der Waals surface area contributed by atoms with E-state index in [2.05, 4.69) is 52.7 Å². The second kappa shape index (κ2) is 9.61. The van der Waals surface area contributed by atoms with E-state index >= 15 is 0 Å². The van der Waals surface area contributed by atoms with Gasteiger partial charge in [-0.2, -0.15) is 0 Å². The second-order valence-electron chi connectivity index (χ2n) is 11.7. The van der Waals surface area contributed by atoms with Gasteiger partial charge in [-0.3, -0.25) is 4.79 Å². The molecule has 0 aromatic heterocycles. The average molecular weight is 472 g/mol. The first-order valence-corrected chi connectivity index (χ1v) is 14.1. The number of anilines is 1. The number of hydrogen-bond donors (Lipinski definition) is 2.